The van der Waals surface area contributed by atoms with Crippen molar-refractivity contribution in [3.8, 4) is 0 Å². The lowest BCUT2D eigenvalue weighted by molar-refractivity contribution is -0.384. The van der Waals surface area contributed by atoms with Crippen molar-refractivity contribution in [2.24, 2.45) is 0 Å². The molecule has 1 amide bonds. The van der Waals surface area contributed by atoms with Crippen molar-refractivity contribution >= 4 is 23.5 Å². The molecule has 9 heteroatoms. The molecule has 0 spiro atoms. The van der Waals surface area contributed by atoms with Crippen LogP contribution in [-0.4, -0.2) is 33.0 Å². The summed E-state index contributed by atoms with van der Waals surface area (Å²) in [5.41, 5.74) is -0.415. The third-order valence-corrected chi connectivity index (χ3v) is 3.34. The molecule has 25 heavy (non-hydrogen) atoms. The van der Waals surface area contributed by atoms with E-state index in [4.69, 9.17) is 10.2 Å². The topological polar surface area (TPSA) is 147 Å². The average molecular weight is 344 g/mol. The fourth-order valence-electron chi connectivity index (χ4n) is 2.06. The van der Waals surface area contributed by atoms with Crippen LogP contribution in [0.15, 0.2) is 42.5 Å². The molecule has 3 N–H and O–H groups in total. The number of carboxylic acids is 2. The van der Waals surface area contributed by atoms with Crippen LogP contribution in [0.2, 0.25) is 0 Å². The van der Waals surface area contributed by atoms with Crippen molar-refractivity contribution in [2.45, 2.75) is 6.54 Å². The fourth-order valence-corrected chi connectivity index (χ4v) is 2.06. The first kappa shape index (κ1) is 17.6. The normalized spacial score (nSPS) is 10.1. The summed E-state index contributed by atoms with van der Waals surface area (Å²) in [6.45, 7) is 0.0365. The summed E-state index contributed by atoms with van der Waals surface area (Å²) in [6.07, 6.45) is 0. The Morgan fingerprint density at radius 2 is 1.60 bits per heavy atom. The first-order chi connectivity index (χ1) is 11.8. The van der Waals surface area contributed by atoms with Gasteiger partial charge < -0.3 is 15.5 Å². The number of hydrogen-bond donors (Lipinski definition) is 3. The van der Waals surface area contributed by atoms with Crippen molar-refractivity contribution in [3.05, 3.63) is 74.8 Å². The van der Waals surface area contributed by atoms with Crippen molar-refractivity contribution in [3.63, 3.8) is 0 Å². The molecule has 0 unspecified atom stereocenters. The second-order valence-corrected chi connectivity index (χ2v) is 4.98. The summed E-state index contributed by atoms with van der Waals surface area (Å²) in [5, 5.41) is 31.1. The Kier molecular flexibility index (Phi) is 5.08. The summed E-state index contributed by atoms with van der Waals surface area (Å²) in [5.74, 6) is -3.25. The highest BCUT2D eigenvalue weighted by Crippen LogP contribution is 2.18. The Morgan fingerprint density at radius 1 is 0.960 bits per heavy atom. The average Bonchev–Trinajstić information content (AvgIpc) is 2.59. The molecule has 0 heterocycles. The zero-order valence-electron chi connectivity index (χ0n) is 12.6. The molecular formula is C16H12N2O7. The van der Waals surface area contributed by atoms with Crippen LogP contribution in [-0.2, 0) is 6.54 Å². The summed E-state index contributed by atoms with van der Waals surface area (Å²) < 4.78 is 0. The molecule has 0 saturated heterocycles. The van der Waals surface area contributed by atoms with Gasteiger partial charge in [0, 0.05) is 18.7 Å². The van der Waals surface area contributed by atoms with Gasteiger partial charge in [-0.15, -0.1) is 0 Å². The number of hydrogen-bond acceptors (Lipinski definition) is 5. The predicted molar refractivity (Wildman–Crippen MR) is 84.6 cm³/mol. The fraction of sp³-hybridized carbons (Fsp3) is 0.0625. The SMILES string of the molecule is O=C(O)c1ccc(CNC(=O)c2ccc([N+](=O)[O-])cc2C(=O)O)cc1. The van der Waals surface area contributed by atoms with Gasteiger partial charge in [0.15, 0.2) is 0 Å². The molecule has 2 aromatic carbocycles. The Balaban J connectivity index is 2.16. The Hall–Kier alpha value is -3.75. The van der Waals surface area contributed by atoms with Gasteiger partial charge >= 0.3 is 11.9 Å². The summed E-state index contributed by atoms with van der Waals surface area (Å²) >= 11 is 0. The minimum Gasteiger partial charge on any atom is -0.478 e. The van der Waals surface area contributed by atoms with Gasteiger partial charge in [0.05, 0.1) is 21.6 Å². The van der Waals surface area contributed by atoms with Crippen LogP contribution in [0.3, 0.4) is 0 Å². The van der Waals surface area contributed by atoms with Crippen LogP contribution in [0.1, 0.15) is 36.6 Å². The molecule has 0 fully saturated rings. The highest BCUT2D eigenvalue weighted by molar-refractivity contribution is 6.05. The highest BCUT2D eigenvalue weighted by atomic mass is 16.6. The van der Waals surface area contributed by atoms with Crippen LogP contribution in [0.4, 0.5) is 5.69 Å². The van der Waals surface area contributed by atoms with Crippen molar-refractivity contribution in [1.82, 2.24) is 5.32 Å². The number of nitrogens with zero attached hydrogens (tertiary/aromatic N) is 1. The Morgan fingerprint density at radius 3 is 2.12 bits per heavy atom. The van der Waals surface area contributed by atoms with Gasteiger partial charge in [-0.2, -0.15) is 0 Å². The third-order valence-electron chi connectivity index (χ3n) is 3.34. The molecule has 0 aromatic heterocycles. The van der Waals surface area contributed by atoms with E-state index in [0.29, 0.717) is 5.56 Å². The Labute approximate surface area is 140 Å². The molecule has 9 nitrogen and oxygen atoms in total. The zero-order valence-corrected chi connectivity index (χ0v) is 12.6. The molecule has 0 aliphatic heterocycles. The number of aromatic carboxylic acids is 2. The van der Waals surface area contributed by atoms with E-state index in [1.54, 1.807) is 0 Å². The molecule has 0 radical (unpaired) electrons. The number of nitrogens with one attached hydrogen (secondary N) is 1. The molecule has 0 atom stereocenters. The standard InChI is InChI=1S/C16H12N2O7/c19-14(17-8-9-1-3-10(4-2-9)15(20)21)12-6-5-11(18(24)25)7-13(12)16(22)23/h1-7H,8H2,(H,17,19)(H,20,21)(H,22,23). The molecule has 0 bridgehead atoms. The third kappa shape index (κ3) is 4.16. The number of carbonyl (C=O) groups is 3. The van der Waals surface area contributed by atoms with Gasteiger partial charge in [-0.25, -0.2) is 9.59 Å². The second-order valence-electron chi connectivity index (χ2n) is 4.98. The first-order valence-corrected chi connectivity index (χ1v) is 6.91. The molecule has 2 rings (SSSR count). The van der Waals surface area contributed by atoms with E-state index < -0.39 is 34.0 Å². The lowest BCUT2D eigenvalue weighted by Crippen LogP contribution is -2.25. The quantitative estimate of drug-likeness (QED) is 0.535. The maximum absolute atomic E-state index is 12.2. The number of rotatable bonds is 6. The Bertz CT molecular complexity index is 859. The largest absolute Gasteiger partial charge is 0.478 e. The first-order valence-electron chi connectivity index (χ1n) is 6.91. The number of nitro groups is 1. The maximum Gasteiger partial charge on any atom is 0.336 e. The van der Waals surface area contributed by atoms with Gasteiger partial charge in [0.25, 0.3) is 11.6 Å². The lowest BCUT2D eigenvalue weighted by Gasteiger charge is -2.08. The zero-order chi connectivity index (χ0) is 18.6. The van der Waals surface area contributed by atoms with Crippen molar-refractivity contribution in [1.29, 1.82) is 0 Å². The lowest BCUT2D eigenvalue weighted by atomic mass is 10.1. The van der Waals surface area contributed by atoms with E-state index in [1.165, 1.54) is 24.3 Å². The second kappa shape index (κ2) is 7.21. The minimum absolute atomic E-state index is 0.0365. The van der Waals surface area contributed by atoms with Crippen LogP contribution >= 0.6 is 0 Å². The van der Waals surface area contributed by atoms with Gasteiger partial charge in [-0.1, -0.05) is 12.1 Å². The van der Waals surface area contributed by atoms with Crippen LogP contribution in [0.5, 0.6) is 0 Å². The number of carboxylic acid groups (broad SMARTS) is 2. The van der Waals surface area contributed by atoms with Crippen LogP contribution < -0.4 is 5.32 Å². The molecule has 0 aliphatic rings. The number of carbonyl (C=O) groups excluding carboxylic acids is 1. The van der Waals surface area contributed by atoms with E-state index in [9.17, 15) is 24.5 Å². The summed E-state index contributed by atoms with van der Waals surface area (Å²) in [6, 6.07) is 8.71. The monoisotopic (exact) mass is 344 g/mol. The molecule has 0 saturated carbocycles. The van der Waals surface area contributed by atoms with E-state index in [2.05, 4.69) is 5.32 Å². The predicted octanol–water partition coefficient (Wildman–Crippen LogP) is 1.92. The highest BCUT2D eigenvalue weighted by Gasteiger charge is 2.20. The van der Waals surface area contributed by atoms with Gasteiger partial charge in [-0.3, -0.25) is 14.9 Å². The number of nitro benzene ring substituents is 1. The maximum atomic E-state index is 12.2. The van der Waals surface area contributed by atoms with Gasteiger partial charge in [-0.05, 0) is 23.8 Å². The number of non-ortho nitro benzene ring substituents is 1. The van der Waals surface area contributed by atoms with Crippen molar-refractivity contribution in [2.75, 3.05) is 0 Å². The summed E-state index contributed by atoms with van der Waals surface area (Å²) in [4.78, 5) is 44.1. The molecule has 128 valence electrons. The van der Waals surface area contributed by atoms with E-state index in [-0.39, 0.29) is 17.7 Å². The van der Waals surface area contributed by atoms with Gasteiger partial charge in [0.2, 0.25) is 0 Å². The van der Waals surface area contributed by atoms with E-state index >= 15 is 0 Å². The molecular weight excluding hydrogens is 332 g/mol. The van der Waals surface area contributed by atoms with Gasteiger partial charge in [0.1, 0.15) is 0 Å². The number of benzene rings is 2. The smallest absolute Gasteiger partial charge is 0.336 e. The number of amides is 1. The molecule has 2 aromatic rings. The van der Waals surface area contributed by atoms with Crippen LogP contribution in [0, 0.1) is 10.1 Å². The molecule has 0 aliphatic carbocycles. The van der Waals surface area contributed by atoms with E-state index in [0.717, 1.165) is 18.2 Å². The summed E-state index contributed by atoms with van der Waals surface area (Å²) in [7, 11) is 0. The minimum atomic E-state index is -1.46. The van der Waals surface area contributed by atoms with E-state index in [1.807, 2.05) is 0 Å². The van der Waals surface area contributed by atoms with Crippen molar-refractivity contribution < 1.29 is 29.5 Å². The van der Waals surface area contributed by atoms with Crippen LogP contribution in [0.25, 0.3) is 0 Å².